The van der Waals surface area contributed by atoms with Crippen molar-refractivity contribution in [2.45, 2.75) is 20.0 Å². The Bertz CT molecular complexity index is 1270. The molecule has 0 spiro atoms. The van der Waals surface area contributed by atoms with Crippen LogP contribution in [0.25, 0.3) is 22.4 Å². The predicted octanol–water partition coefficient (Wildman–Crippen LogP) is 3.05. The Morgan fingerprint density at radius 2 is 1.97 bits per heavy atom. The molecule has 164 valence electrons. The standard InChI is InChI=1S/C22H20F2N6O2/c1-2-32-14-7-17(23)16(18(24)8-14)11-30-19-6-4-3-5-15(19)20(29-30)22-27-10-13(9-26-12-31)21(25)28-22/h3-8,10,12H,2,9,11H2,1H3,(H,26,31)(H2,25,27,28). The van der Waals surface area contributed by atoms with Crippen LogP contribution in [-0.2, 0) is 17.9 Å². The summed E-state index contributed by atoms with van der Waals surface area (Å²) in [5.41, 5.74) is 7.50. The molecule has 8 nitrogen and oxygen atoms in total. The van der Waals surface area contributed by atoms with Gasteiger partial charge >= 0.3 is 0 Å². The number of carbonyl (C=O) groups excluding carboxylic acids is 1. The molecule has 2 aromatic carbocycles. The molecule has 2 aromatic heterocycles. The Hall–Kier alpha value is -4.08. The van der Waals surface area contributed by atoms with Crippen LogP contribution in [-0.4, -0.2) is 32.8 Å². The van der Waals surface area contributed by atoms with Gasteiger partial charge < -0.3 is 15.8 Å². The monoisotopic (exact) mass is 438 g/mol. The quantitative estimate of drug-likeness (QED) is 0.410. The molecule has 4 rings (SSSR count). The van der Waals surface area contributed by atoms with Gasteiger partial charge in [0.25, 0.3) is 0 Å². The number of carbonyl (C=O) groups is 1. The van der Waals surface area contributed by atoms with Crippen molar-refractivity contribution in [2.24, 2.45) is 0 Å². The van der Waals surface area contributed by atoms with Crippen molar-refractivity contribution in [3.8, 4) is 17.3 Å². The van der Waals surface area contributed by atoms with Crippen LogP contribution in [0.2, 0.25) is 0 Å². The van der Waals surface area contributed by atoms with E-state index in [-0.39, 0.29) is 36.0 Å². The number of ether oxygens (including phenoxy) is 1. The van der Waals surface area contributed by atoms with E-state index >= 15 is 0 Å². The third-order valence-electron chi connectivity index (χ3n) is 4.88. The van der Waals surface area contributed by atoms with Crippen molar-refractivity contribution < 1.29 is 18.3 Å². The number of nitrogens with zero attached hydrogens (tertiary/aromatic N) is 4. The van der Waals surface area contributed by atoms with E-state index in [1.54, 1.807) is 19.1 Å². The lowest BCUT2D eigenvalue weighted by Crippen LogP contribution is -2.13. The van der Waals surface area contributed by atoms with Gasteiger partial charge in [0, 0.05) is 41.4 Å². The number of halogens is 2. The maximum Gasteiger partial charge on any atom is 0.207 e. The average molecular weight is 438 g/mol. The number of para-hydroxylation sites is 1. The van der Waals surface area contributed by atoms with Crippen LogP contribution < -0.4 is 15.8 Å². The predicted molar refractivity (Wildman–Crippen MR) is 115 cm³/mol. The van der Waals surface area contributed by atoms with Crippen molar-refractivity contribution >= 4 is 23.1 Å². The molecule has 0 saturated heterocycles. The third-order valence-corrected chi connectivity index (χ3v) is 4.88. The second-order valence-electron chi connectivity index (χ2n) is 6.92. The van der Waals surface area contributed by atoms with Gasteiger partial charge in [-0.15, -0.1) is 0 Å². The number of hydrogen-bond acceptors (Lipinski definition) is 6. The zero-order chi connectivity index (χ0) is 22.7. The first kappa shape index (κ1) is 21.2. The van der Waals surface area contributed by atoms with Gasteiger partial charge in [0.05, 0.1) is 18.7 Å². The molecule has 0 atom stereocenters. The Balaban J connectivity index is 1.75. The molecular formula is C22H20F2N6O2. The second kappa shape index (κ2) is 8.96. The molecule has 4 aromatic rings. The van der Waals surface area contributed by atoms with Crippen molar-refractivity contribution in [2.75, 3.05) is 12.3 Å². The highest BCUT2D eigenvalue weighted by Gasteiger charge is 2.19. The van der Waals surface area contributed by atoms with Gasteiger partial charge in [0.2, 0.25) is 6.41 Å². The van der Waals surface area contributed by atoms with Gasteiger partial charge in [0.1, 0.15) is 28.9 Å². The normalized spacial score (nSPS) is 11.0. The van der Waals surface area contributed by atoms with E-state index in [2.05, 4.69) is 20.4 Å². The Kier molecular flexibility index (Phi) is 5.93. The lowest BCUT2D eigenvalue weighted by molar-refractivity contribution is -0.109. The summed E-state index contributed by atoms with van der Waals surface area (Å²) in [7, 11) is 0. The number of anilines is 1. The number of fused-ring (bicyclic) bond motifs is 1. The van der Waals surface area contributed by atoms with Crippen molar-refractivity contribution in [3.05, 3.63) is 65.4 Å². The Morgan fingerprint density at radius 1 is 1.22 bits per heavy atom. The molecule has 0 aliphatic heterocycles. The molecule has 0 aliphatic carbocycles. The summed E-state index contributed by atoms with van der Waals surface area (Å²) in [4.78, 5) is 19.1. The summed E-state index contributed by atoms with van der Waals surface area (Å²) in [6, 6.07) is 9.55. The number of aromatic nitrogens is 4. The highest BCUT2D eigenvalue weighted by molar-refractivity contribution is 5.91. The molecule has 2 heterocycles. The Labute approximate surface area is 182 Å². The van der Waals surface area contributed by atoms with Gasteiger partial charge in [0.15, 0.2) is 5.82 Å². The largest absolute Gasteiger partial charge is 0.494 e. The SMILES string of the molecule is CCOc1cc(F)c(Cn2nc(-c3ncc(CNC=O)c(N)n3)c3ccccc32)c(F)c1. The smallest absolute Gasteiger partial charge is 0.207 e. The van der Waals surface area contributed by atoms with E-state index in [9.17, 15) is 13.6 Å². The zero-order valence-electron chi connectivity index (χ0n) is 17.2. The zero-order valence-corrected chi connectivity index (χ0v) is 17.2. The second-order valence-corrected chi connectivity index (χ2v) is 6.92. The van der Waals surface area contributed by atoms with Gasteiger partial charge in [-0.3, -0.25) is 9.48 Å². The minimum atomic E-state index is -0.720. The van der Waals surface area contributed by atoms with Crippen LogP contribution in [0.3, 0.4) is 0 Å². The lowest BCUT2D eigenvalue weighted by atomic mass is 10.1. The number of amides is 1. The summed E-state index contributed by atoms with van der Waals surface area (Å²) in [6.45, 7) is 2.10. The van der Waals surface area contributed by atoms with Gasteiger partial charge in [-0.2, -0.15) is 5.10 Å². The maximum absolute atomic E-state index is 14.6. The molecule has 0 fully saturated rings. The highest BCUT2D eigenvalue weighted by Crippen LogP contribution is 2.28. The molecule has 0 bridgehead atoms. The molecule has 0 radical (unpaired) electrons. The van der Waals surface area contributed by atoms with Crippen LogP contribution in [0.5, 0.6) is 5.75 Å². The van der Waals surface area contributed by atoms with Crippen LogP contribution in [0.15, 0.2) is 42.6 Å². The molecule has 1 amide bonds. The molecular weight excluding hydrogens is 418 g/mol. The topological polar surface area (TPSA) is 108 Å². The molecule has 3 N–H and O–H groups in total. The van der Waals surface area contributed by atoms with Crippen molar-refractivity contribution in [1.29, 1.82) is 0 Å². The third kappa shape index (κ3) is 4.07. The maximum atomic E-state index is 14.6. The molecule has 10 heteroatoms. The minimum Gasteiger partial charge on any atom is -0.494 e. The molecule has 0 saturated carbocycles. The lowest BCUT2D eigenvalue weighted by Gasteiger charge is -2.09. The van der Waals surface area contributed by atoms with E-state index < -0.39 is 11.6 Å². The summed E-state index contributed by atoms with van der Waals surface area (Å²) in [5.74, 6) is -0.846. The van der Waals surface area contributed by atoms with E-state index in [1.807, 2.05) is 12.1 Å². The first-order valence-electron chi connectivity index (χ1n) is 9.86. The van der Waals surface area contributed by atoms with Gasteiger partial charge in [-0.25, -0.2) is 18.7 Å². The van der Waals surface area contributed by atoms with Crippen LogP contribution in [0, 0.1) is 11.6 Å². The molecule has 32 heavy (non-hydrogen) atoms. The fourth-order valence-electron chi connectivity index (χ4n) is 3.37. The fraction of sp³-hybridized carbons (Fsp3) is 0.182. The van der Waals surface area contributed by atoms with Crippen LogP contribution >= 0.6 is 0 Å². The first-order valence-corrected chi connectivity index (χ1v) is 9.86. The average Bonchev–Trinajstić information content (AvgIpc) is 3.14. The van der Waals surface area contributed by atoms with Crippen molar-refractivity contribution in [3.63, 3.8) is 0 Å². The number of nitrogens with one attached hydrogen (secondary N) is 1. The molecule has 0 unspecified atom stereocenters. The Morgan fingerprint density at radius 3 is 2.66 bits per heavy atom. The van der Waals surface area contributed by atoms with E-state index in [0.29, 0.717) is 35.2 Å². The summed E-state index contributed by atoms with van der Waals surface area (Å²) >= 11 is 0. The van der Waals surface area contributed by atoms with Crippen LogP contribution in [0.4, 0.5) is 14.6 Å². The number of hydrogen-bond donors (Lipinski definition) is 2. The number of rotatable bonds is 8. The first-order chi connectivity index (χ1) is 15.5. The fourth-order valence-corrected chi connectivity index (χ4v) is 3.37. The number of benzene rings is 2. The van der Waals surface area contributed by atoms with Gasteiger partial charge in [-0.05, 0) is 13.0 Å². The van der Waals surface area contributed by atoms with Gasteiger partial charge in [-0.1, -0.05) is 18.2 Å². The number of nitrogens with two attached hydrogens (primary N) is 1. The minimum absolute atomic E-state index is 0.130. The highest BCUT2D eigenvalue weighted by atomic mass is 19.1. The summed E-state index contributed by atoms with van der Waals surface area (Å²) in [6.07, 6.45) is 2.06. The van der Waals surface area contributed by atoms with E-state index in [1.165, 1.54) is 10.9 Å². The summed E-state index contributed by atoms with van der Waals surface area (Å²) in [5, 5.41) is 7.74. The van der Waals surface area contributed by atoms with Crippen LogP contribution in [0.1, 0.15) is 18.1 Å². The summed E-state index contributed by atoms with van der Waals surface area (Å²) < 4.78 is 35.9. The van der Waals surface area contributed by atoms with E-state index in [0.717, 1.165) is 12.1 Å². The van der Waals surface area contributed by atoms with E-state index in [4.69, 9.17) is 10.5 Å². The number of nitrogen functional groups attached to an aromatic ring is 1. The molecule has 0 aliphatic rings. The van der Waals surface area contributed by atoms with Crippen molar-refractivity contribution in [1.82, 2.24) is 25.1 Å².